The van der Waals surface area contributed by atoms with E-state index in [0.29, 0.717) is 13.0 Å². The molecule has 122 valence electrons. The Kier molecular flexibility index (Phi) is 6.21. The molecule has 1 saturated heterocycles. The number of hydrogen-bond acceptors (Lipinski definition) is 4. The Balaban J connectivity index is 1.84. The van der Waals surface area contributed by atoms with Crippen molar-refractivity contribution in [3.05, 3.63) is 23.8 Å². The number of benzene rings is 1. The molecule has 0 aromatic heterocycles. The first kappa shape index (κ1) is 16.8. The van der Waals surface area contributed by atoms with Crippen molar-refractivity contribution in [1.29, 1.82) is 0 Å². The van der Waals surface area contributed by atoms with Crippen molar-refractivity contribution in [2.24, 2.45) is 5.73 Å². The van der Waals surface area contributed by atoms with E-state index in [9.17, 15) is 4.79 Å². The largest absolute Gasteiger partial charge is 0.492 e. The van der Waals surface area contributed by atoms with Gasteiger partial charge in [0.25, 0.3) is 0 Å². The fourth-order valence-corrected chi connectivity index (χ4v) is 2.60. The number of anilines is 1. The number of carbonyl (C=O) groups is 1. The third kappa shape index (κ3) is 4.71. The van der Waals surface area contributed by atoms with Gasteiger partial charge in [0.15, 0.2) is 0 Å². The summed E-state index contributed by atoms with van der Waals surface area (Å²) in [6.07, 6.45) is 3.23. The van der Waals surface area contributed by atoms with Crippen molar-refractivity contribution in [3.8, 4) is 5.75 Å². The molecule has 1 aromatic rings. The Labute approximate surface area is 132 Å². The van der Waals surface area contributed by atoms with Crippen LogP contribution < -0.4 is 15.8 Å². The zero-order valence-electron chi connectivity index (χ0n) is 13.6. The molecule has 1 aliphatic heterocycles. The van der Waals surface area contributed by atoms with Gasteiger partial charge in [0, 0.05) is 12.2 Å². The van der Waals surface area contributed by atoms with Crippen molar-refractivity contribution >= 4 is 11.6 Å². The van der Waals surface area contributed by atoms with Crippen LogP contribution in [0.3, 0.4) is 0 Å². The first-order valence-corrected chi connectivity index (χ1v) is 8.12. The molecule has 3 N–H and O–H groups in total. The number of nitrogens with one attached hydrogen (secondary N) is 1. The molecule has 1 aliphatic rings. The van der Waals surface area contributed by atoms with E-state index in [1.54, 1.807) is 0 Å². The smallest absolute Gasteiger partial charge is 0.241 e. The SMILES string of the molecule is CC[C@H](N)C(=O)Nc1ccc(OCCN2CCCC2)c(C)c1. The van der Waals surface area contributed by atoms with Gasteiger partial charge < -0.3 is 15.8 Å². The molecule has 1 aromatic carbocycles. The fourth-order valence-electron chi connectivity index (χ4n) is 2.60. The molecule has 1 amide bonds. The van der Waals surface area contributed by atoms with Gasteiger partial charge in [0.1, 0.15) is 12.4 Å². The lowest BCUT2D eigenvalue weighted by Crippen LogP contribution is -2.34. The highest BCUT2D eigenvalue weighted by Gasteiger charge is 2.13. The second-order valence-corrected chi connectivity index (χ2v) is 5.88. The van der Waals surface area contributed by atoms with E-state index < -0.39 is 6.04 Å². The van der Waals surface area contributed by atoms with Gasteiger partial charge in [-0.25, -0.2) is 0 Å². The van der Waals surface area contributed by atoms with Crippen LogP contribution in [0.1, 0.15) is 31.7 Å². The third-order valence-electron chi connectivity index (χ3n) is 4.08. The van der Waals surface area contributed by atoms with Crippen LogP contribution in [0.25, 0.3) is 0 Å². The number of ether oxygens (including phenoxy) is 1. The summed E-state index contributed by atoms with van der Waals surface area (Å²) in [6, 6.07) is 5.23. The van der Waals surface area contributed by atoms with Gasteiger partial charge >= 0.3 is 0 Å². The maximum atomic E-state index is 11.8. The van der Waals surface area contributed by atoms with Gasteiger partial charge in [-0.2, -0.15) is 0 Å². The van der Waals surface area contributed by atoms with Crippen LogP contribution in [0.4, 0.5) is 5.69 Å². The molecule has 22 heavy (non-hydrogen) atoms. The Morgan fingerprint density at radius 3 is 2.77 bits per heavy atom. The molecule has 0 spiro atoms. The zero-order chi connectivity index (χ0) is 15.9. The summed E-state index contributed by atoms with van der Waals surface area (Å²) < 4.78 is 5.85. The average molecular weight is 305 g/mol. The lowest BCUT2D eigenvalue weighted by Gasteiger charge is -2.16. The van der Waals surface area contributed by atoms with Crippen molar-refractivity contribution in [2.75, 3.05) is 31.6 Å². The first-order chi connectivity index (χ1) is 10.6. The van der Waals surface area contributed by atoms with Crippen molar-refractivity contribution in [1.82, 2.24) is 4.90 Å². The second kappa shape index (κ2) is 8.15. The number of amides is 1. The molecule has 0 bridgehead atoms. The fraction of sp³-hybridized carbons (Fsp3) is 0.588. The van der Waals surface area contributed by atoms with Gasteiger partial charge in [0.05, 0.1) is 6.04 Å². The minimum absolute atomic E-state index is 0.149. The minimum atomic E-state index is -0.461. The number of nitrogens with two attached hydrogens (primary N) is 1. The molecule has 2 rings (SSSR count). The number of carbonyl (C=O) groups excluding carboxylic acids is 1. The Morgan fingerprint density at radius 1 is 1.41 bits per heavy atom. The Morgan fingerprint density at radius 2 is 2.14 bits per heavy atom. The molecule has 0 unspecified atom stereocenters. The van der Waals surface area contributed by atoms with E-state index in [-0.39, 0.29) is 5.91 Å². The molecular weight excluding hydrogens is 278 g/mol. The molecule has 1 fully saturated rings. The van der Waals surface area contributed by atoms with E-state index in [0.717, 1.165) is 23.5 Å². The molecule has 0 aliphatic carbocycles. The number of rotatable bonds is 7. The molecule has 1 heterocycles. The summed E-state index contributed by atoms with van der Waals surface area (Å²) in [7, 11) is 0. The highest BCUT2D eigenvalue weighted by Crippen LogP contribution is 2.22. The minimum Gasteiger partial charge on any atom is -0.492 e. The summed E-state index contributed by atoms with van der Waals surface area (Å²) in [6.45, 7) is 7.93. The van der Waals surface area contributed by atoms with Crippen molar-refractivity contribution in [3.63, 3.8) is 0 Å². The summed E-state index contributed by atoms with van der Waals surface area (Å²) >= 11 is 0. The Hall–Kier alpha value is -1.59. The molecule has 1 atom stereocenters. The van der Waals surface area contributed by atoms with Gasteiger partial charge in [0.2, 0.25) is 5.91 Å². The van der Waals surface area contributed by atoms with Gasteiger partial charge in [-0.1, -0.05) is 6.92 Å². The predicted octanol–water partition coefficient (Wildman–Crippen LogP) is 2.15. The topological polar surface area (TPSA) is 67.6 Å². The highest BCUT2D eigenvalue weighted by atomic mass is 16.5. The summed E-state index contributed by atoms with van der Waals surface area (Å²) in [5, 5.41) is 2.83. The number of likely N-dealkylation sites (tertiary alicyclic amines) is 1. The maximum Gasteiger partial charge on any atom is 0.241 e. The Bertz CT molecular complexity index is 499. The predicted molar refractivity (Wildman–Crippen MR) is 89.2 cm³/mol. The van der Waals surface area contributed by atoms with Crippen LogP contribution in [0.2, 0.25) is 0 Å². The monoisotopic (exact) mass is 305 g/mol. The van der Waals surface area contributed by atoms with Gasteiger partial charge in [-0.3, -0.25) is 9.69 Å². The lowest BCUT2D eigenvalue weighted by molar-refractivity contribution is -0.117. The third-order valence-corrected chi connectivity index (χ3v) is 4.08. The van der Waals surface area contributed by atoms with Crippen LogP contribution in [0.5, 0.6) is 5.75 Å². The average Bonchev–Trinajstić information content (AvgIpc) is 3.02. The van der Waals surface area contributed by atoms with E-state index in [1.165, 1.54) is 25.9 Å². The maximum absolute atomic E-state index is 11.8. The van der Waals surface area contributed by atoms with E-state index in [1.807, 2.05) is 32.0 Å². The summed E-state index contributed by atoms with van der Waals surface area (Å²) in [5.74, 6) is 0.724. The molecule has 5 heteroatoms. The quantitative estimate of drug-likeness (QED) is 0.810. The summed E-state index contributed by atoms with van der Waals surface area (Å²) in [5.41, 5.74) is 7.50. The van der Waals surface area contributed by atoms with Crippen LogP contribution in [-0.4, -0.2) is 43.1 Å². The number of aryl methyl sites for hydroxylation is 1. The first-order valence-electron chi connectivity index (χ1n) is 8.12. The van der Waals surface area contributed by atoms with E-state index in [2.05, 4.69) is 10.2 Å². The van der Waals surface area contributed by atoms with E-state index in [4.69, 9.17) is 10.5 Å². The van der Waals surface area contributed by atoms with Crippen LogP contribution in [0.15, 0.2) is 18.2 Å². The molecule has 5 nitrogen and oxygen atoms in total. The normalized spacial score (nSPS) is 16.5. The highest BCUT2D eigenvalue weighted by molar-refractivity contribution is 5.94. The molecule has 0 saturated carbocycles. The molecule has 0 radical (unpaired) electrons. The standard InChI is InChI=1S/C17H27N3O2/c1-3-15(18)17(21)19-14-6-7-16(13(2)12-14)22-11-10-20-8-4-5-9-20/h6-7,12,15H,3-5,8-11,18H2,1-2H3,(H,19,21)/t15-/m0/s1. The number of nitrogens with zero attached hydrogens (tertiary/aromatic N) is 1. The van der Waals surface area contributed by atoms with Crippen LogP contribution in [-0.2, 0) is 4.79 Å². The lowest BCUT2D eigenvalue weighted by atomic mass is 10.2. The second-order valence-electron chi connectivity index (χ2n) is 5.88. The van der Waals surface area contributed by atoms with Gasteiger partial charge in [-0.05, 0) is 63.0 Å². The van der Waals surface area contributed by atoms with Crippen molar-refractivity contribution < 1.29 is 9.53 Å². The zero-order valence-corrected chi connectivity index (χ0v) is 13.6. The van der Waals surface area contributed by atoms with E-state index >= 15 is 0 Å². The van der Waals surface area contributed by atoms with Crippen molar-refractivity contribution in [2.45, 2.75) is 39.2 Å². The van der Waals surface area contributed by atoms with Crippen LogP contribution in [0, 0.1) is 6.92 Å². The van der Waals surface area contributed by atoms with Gasteiger partial charge in [-0.15, -0.1) is 0 Å². The summed E-state index contributed by atoms with van der Waals surface area (Å²) in [4.78, 5) is 14.2. The molecular formula is C17H27N3O2. The number of hydrogen-bond donors (Lipinski definition) is 2. The van der Waals surface area contributed by atoms with Crippen LogP contribution >= 0.6 is 0 Å².